The Morgan fingerprint density at radius 3 is 2.39 bits per heavy atom. The molecule has 0 radical (unpaired) electrons. The highest BCUT2D eigenvalue weighted by atomic mass is 32.1. The number of carbonyl (C=O) groups excluding carboxylic acids is 1. The SMILES string of the molecule is O=C(COc1ccc(C(F)(F)F)cc1)Nc1nnc(C(F)F)s1. The number of ether oxygens (including phenoxy) is 1. The number of hydrogen-bond acceptors (Lipinski definition) is 5. The minimum Gasteiger partial charge on any atom is -0.484 e. The smallest absolute Gasteiger partial charge is 0.416 e. The predicted molar refractivity (Wildman–Crippen MR) is 70.4 cm³/mol. The molecule has 2 rings (SSSR count). The van der Waals surface area contributed by atoms with Crippen molar-refractivity contribution < 1.29 is 31.5 Å². The van der Waals surface area contributed by atoms with Gasteiger partial charge in [0.15, 0.2) is 11.6 Å². The second-order valence-corrected chi connectivity index (χ2v) is 5.11. The normalized spacial score (nSPS) is 11.6. The van der Waals surface area contributed by atoms with Crippen molar-refractivity contribution in [1.29, 1.82) is 0 Å². The van der Waals surface area contributed by atoms with Gasteiger partial charge in [0.25, 0.3) is 12.3 Å². The van der Waals surface area contributed by atoms with Crippen LogP contribution in [-0.4, -0.2) is 22.7 Å². The molecule has 11 heteroatoms. The molecule has 1 amide bonds. The van der Waals surface area contributed by atoms with Crippen molar-refractivity contribution in [3.63, 3.8) is 0 Å². The fourth-order valence-electron chi connectivity index (χ4n) is 1.42. The van der Waals surface area contributed by atoms with Gasteiger partial charge in [-0.15, -0.1) is 10.2 Å². The molecular formula is C12H8F5N3O2S. The van der Waals surface area contributed by atoms with Gasteiger partial charge in [0.2, 0.25) is 5.13 Å². The number of halogens is 5. The highest BCUT2D eigenvalue weighted by molar-refractivity contribution is 7.15. The van der Waals surface area contributed by atoms with Crippen LogP contribution in [0.4, 0.5) is 27.1 Å². The van der Waals surface area contributed by atoms with Gasteiger partial charge in [0.1, 0.15) is 5.75 Å². The average molecular weight is 353 g/mol. The molecule has 0 spiro atoms. The standard InChI is InChI=1S/C12H8F5N3O2S/c13-9(14)10-19-20-11(23-10)18-8(21)5-22-7-3-1-6(2-4-7)12(15,16)17/h1-4,9H,5H2,(H,18,20,21). The third kappa shape index (κ3) is 4.84. The summed E-state index contributed by atoms with van der Waals surface area (Å²) >= 11 is 0.511. The third-order valence-corrected chi connectivity index (χ3v) is 3.27. The van der Waals surface area contributed by atoms with E-state index in [-0.39, 0.29) is 10.9 Å². The van der Waals surface area contributed by atoms with E-state index >= 15 is 0 Å². The summed E-state index contributed by atoms with van der Waals surface area (Å²) in [4.78, 5) is 11.5. The van der Waals surface area contributed by atoms with E-state index in [0.717, 1.165) is 24.3 Å². The number of hydrogen-bond donors (Lipinski definition) is 1. The molecule has 1 N–H and O–H groups in total. The Hall–Kier alpha value is -2.30. The van der Waals surface area contributed by atoms with Gasteiger partial charge >= 0.3 is 6.18 Å². The first-order chi connectivity index (χ1) is 10.8. The first-order valence-electron chi connectivity index (χ1n) is 5.97. The summed E-state index contributed by atoms with van der Waals surface area (Å²) in [6.45, 7) is -0.519. The van der Waals surface area contributed by atoms with E-state index in [9.17, 15) is 26.7 Å². The molecule has 1 heterocycles. The molecule has 0 fully saturated rings. The first kappa shape index (κ1) is 17.1. The van der Waals surface area contributed by atoms with Gasteiger partial charge < -0.3 is 4.74 Å². The van der Waals surface area contributed by atoms with Gasteiger partial charge in [-0.1, -0.05) is 11.3 Å². The minimum absolute atomic E-state index is 0.0543. The molecule has 0 unspecified atom stereocenters. The van der Waals surface area contributed by atoms with E-state index in [2.05, 4.69) is 15.5 Å². The van der Waals surface area contributed by atoms with Crippen LogP contribution < -0.4 is 10.1 Å². The van der Waals surface area contributed by atoms with E-state index in [0.29, 0.717) is 11.3 Å². The monoisotopic (exact) mass is 353 g/mol. The van der Waals surface area contributed by atoms with Crippen LogP contribution in [0.3, 0.4) is 0 Å². The van der Waals surface area contributed by atoms with Crippen LogP contribution >= 0.6 is 11.3 Å². The lowest BCUT2D eigenvalue weighted by atomic mass is 10.2. The van der Waals surface area contributed by atoms with E-state index in [1.54, 1.807) is 0 Å². The quantitative estimate of drug-likeness (QED) is 0.836. The summed E-state index contributed by atoms with van der Waals surface area (Å²) in [7, 11) is 0. The van der Waals surface area contributed by atoms with Crippen molar-refractivity contribution in [2.24, 2.45) is 0 Å². The Bertz CT molecular complexity index is 672. The summed E-state index contributed by atoms with van der Waals surface area (Å²) in [5.41, 5.74) is -0.845. The maximum Gasteiger partial charge on any atom is 0.416 e. The summed E-state index contributed by atoms with van der Waals surface area (Å²) in [5.74, 6) is -0.652. The maximum absolute atomic E-state index is 12.4. The molecular weight excluding hydrogens is 345 g/mol. The Labute approximate surface area is 130 Å². The van der Waals surface area contributed by atoms with Gasteiger partial charge in [0.05, 0.1) is 5.56 Å². The fraction of sp³-hybridized carbons (Fsp3) is 0.250. The highest BCUT2D eigenvalue weighted by Gasteiger charge is 2.30. The number of amides is 1. The summed E-state index contributed by atoms with van der Waals surface area (Å²) in [6, 6.07) is 3.76. The number of alkyl halides is 5. The van der Waals surface area contributed by atoms with Crippen molar-refractivity contribution in [3.05, 3.63) is 34.8 Å². The fourth-order valence-corrected chi connectivity index (χ4v) is 2.03. The third-order valence-electron chi connectivity index (χ3n) is 2.43. The van der Waals surface area contributed by atoms with E-state index in [4.69, 9.17) is 4.74 Å². The molecule has 2 aromatic rings. The molecule has 0 saturated carbocycles. The Morgan fingerprint density at radius 1 is 1.22 bits per heavy atom. The second kappa shape index (κ2) is 6.86. The summed E-state index contributed by atoms with van der Waals surface area (Å²) in [5, 5.41) is 8.05. The van der Waals surface area contributed by atoms with Crippen LogP contribution in [-0.2, 0) is 11.0 Å². The van der Waals surface area contributed by atoms with Crippen LogP contribution in [0.5, 0.6) is 5.75 Å². The van der Waals surface area contributed by atoms with Crippen LogP contribution in [0.1, 0.15) is 17.0 Å². The molecule has 5 nitrogen and oxygen atoms in total. The highest BCUT2D eigenvalue weighted by Crippen LogP contribution is 2.30. The number of anilines is 1. The largest absolute Gasteiger partial charge is 0.484 e. The lowest BCUT2D eigenvalue weighted by Gasteiger charge is -2.08. The van der Waals surface area contributed by atoms with Crippen LogP contribution in [0.15, 0.2) is 24.3 Å². The zero-order chi connectivity index (χ0) is 17.0. The molecule has 0 aliphatic heterocycles. The van der Waals surface area contributed by atoms with Crippen LogP contribution in [0.2, 0.25) is 0 Å². The second-order valence-electron chi connectivity index (χ2n) is 4.11. The number of carbonyl (C=O) groups is 1. The number of aromatic nitrogens is 2. The zero-order valence-electron chi connectivity index (χ0n) is 11.1. The van der Waals surface area contributed by atoms with Crippen molar-refractivity contribution in [2.45, 2.75) is 12.6 Å². The molecule has 0 bridgehead atoms. The van der Waals surface area contributed by atoms with Crippen molar-refractivity contribution in [1.82, 2.24) is 10.2 Å². The molecule has 23 heavy (non-hydrogen) atoms. The van der Waals surface area contributed by atoms with E-state index < -0.39 is 35.7 Å². The van der Waals surface area contributed by atoms with Crippen molar-refractivity contribution in [2.75, 3.05) is 11.9 Å². The van der Waals surface area contributed by atoms with Crippen molar-refractivity contribution >= 4 is 22.4 Å². The van der Waals surface area contributed by atoms with Crippen LogP contribution in [0, 0.1) is 0 Å². The lowest BCUT2D eigenvalue weighted by molar-refractivity contribution is -0.137. The van der Waals surface area contributed by atoms with E-state index in [1.165, 1.54) is 0 Å². The Balaban J connectivity index is 1.86. The van der Waals surface area contributed by atoms with Gasteiger partial charge in [-0.05, 0) is 24.3 Å². The molecule has 0 saturated heterocycles. The first-order valence-corrected chi connectivity index (χ1v) is 6.79. The molecule has 1 aromatic carbocycles. The zero-order valence-corrected chi connectivity index (χ0v) is 11.9. The summed E-state index contributed by atoms with van der Waals surface area (Å²) < 4.78 is 66.7. The topological polar surface area (TPSA) is 64.1 Å². The van der Waals surface area contributed by atoms with Gasteiger partial charge in [-0.25, -0.2) is 8.78 Å². The Morgan fingerprint density at radius 2 is 1.87 bits per heavy atom. The Kier molecular flexibility index (Phi) is 5.08. The molecule has 0 atom stereocenters. The van der Waals surface area contributed by atoms with E-state index in [1.807, 2.05) is 0 Å². The van der Waals surface area contributed by atoms with Crippen molar-refractivity contribution in [3.8, 4) is 5.75 Å². The number of benzene rings is 1. The van der Waals surface area contributed by atoms with Gasteiger partial charge in [0, 0.05) is 0 Å². The lowest BCUT2D eigenvalue weighted by Crippen LogP contribution is -2.20. The van der Waals surface area contributed by atoms with Gasteiger partial charge in [-0.2, -0.15) is 13.2 Å². The molecule has 0 aliphatic carbocycles. The predicted octanol–water partition coefficient (Wildman–Crippen LogP) is 3.51. The maximum atomic E-state index is 12.4. The number of nitrogens with one attached hydrogen (secondary N) is 1. The molecule has 1 aromatic heterocycles. The summed E-state index contributed by atoms with van der Waals surface area (Å²) in [6.07, 6.45) is -7.25. The van der Waals surface area contributed by atoms with Gasteiger partial charge in [-0.3, -0.25) is 10.1 Å². The van der Waals surface area contributed by atoms with Crippen LogP contribution in [0.25, 0.3) is 0 Å². The molecule has 0 aliphatic rings. The minimum atomic E-state index is -4.46. The molecule has 124 valence electrons. The number of rotatable bonds is 5. The average Bonchev–Trinajstić information content (AvgIpc) is 2.93. The number of nitrogens with zero attached hydrogens (tertiary/aromatic N) is 2.